The molecule has 0 spiro atoms. The summed E-state index contributed by atoms with van der Waals surface area (Å²) in [5, 5.41) is 2.79. The molecule has 3 nitrogen and oxygen atoms in total. The number of hydrogen-bond acceptors (Lipinski definition) is 2. The molecular weight excluding hydrogens is 305 g/mol. The second-order valence-electron chi connectivity index (χ2n) is 5.50. The van der Waals surface area contributed by atoms with Crippen LogP contribution in [-0.2, 0) is 17.5 Å². The Labute approximate surface area is 132 Å². The normalized spacial score (nSPS) is 11.6. The Balaban J connectivity index is 2.15. The highest BCUT2D eigenvalue weighted by Gasteiger charge is 2.29. The van der Waals surface area contributed by atoms with Crippen molar-refractivity contribution in [1.82, 2.24) is 10.3 Å². The summed E-state index contributed by atoms with van der Waals surface area (Å²) < 4.78 is 37.7. The number of carbonyl (C=O) groups is 1. The van der Waals surface area contributed by atoms with E-state index in [0.717, 1.165) is 17.7 Å². The topological polar surface area (TPSA) is 42.0 Å². The summed E-state index contributed by atoms with van der Waals surface area (Å²) in [6, 6.07) is 8.36. The summed E-state index contributed by atoms with van der Waals surface area (Å²) in [4.78, 5) is 15.7. The van der Waals surface area contributed by atoms with Gasteiger partial charge in [-0.05, 0) is 29.8 Å². The molecule has 0 aliphatic carbocycles. The van der Waals surface area contributed by atoms with E-state index < -0.39 is 11.7 Å². The number of nitrogens with one attached hydrogen (secondary N) is 1. The van der Waals surface area contributed by atoms with Gasteiger partial charge < -0.3 is 5.32 Å². The second-order valence-corrected chi connectivity index (χ2v) is 5.50. The lowest BCUT2D eigenvalue weighted by Gasteiger charge is -2.10. The summed E-state index contributed by atoms with van der Waals surface area (Å²) in [5.41, 5.74) is 1.30. The molecule has 6 heteroatoms. The van der Waals surface area contributed by atoms with Gasteiger partial charge in [0.25, 0.3) is 0 Å². The number of carbonyl (C=O) groups excluding carboxylic acids is 1. The number of nitrogens with zero attached hydrogens (tertiary/aromatic N) is 1. The maximum Gasteiger partial charge on any atom is 0.416 e. The van der Waals surface area contributed by atoms with Crippen LogP contribution in [0.25, 0.3) is 11.3 Å². The Kier molecular flexibility index (Phi) is 5.03. The fraction of sp³-hybridized carbons (Fsp3) is 0.294. The van der Waals surface area contributed by atoms with Crippen molar-refractivity contribution in [2.75, 3.05) is 0 Å². The van der Waals surface area contributed by atoms with Crippen molar-refractivity contribution in [1.29, 1.82) is 0 Å². The molecule has 2 aromatic rings. The van der Waals surface area contributed by atoms with Crippen LogP contribution in [0.4, 0.5) is 13.2 Å². The summed E-state index contributed by atoms with van der Waals surface area (Å²) >= 11 is 0. The van der Waals surface area contributed by atoms with Crippen LogP contribution in [-0.4, -0.2) is 10.9 Å². The monoisotopic (exact) mass is 322 g/mol. The minimum Gasteiger partial charge on any atom is -0.352 e. The highest BCUT2D eigenvalue weighted by molar-refractivity contribution is 5.77. The first kappa shape index (κ1) is 17.0. The number of hydrogen-bond donors (Lipinski definition) is 1. The highest BCUT2D eigenvalue weighted by atomic mass is 19.4. The van der Waals surface area contributed by atoms with E-state index in [1.165, 1.54) is 12.1 Å². The zero-order chi connectivity index (χ0) is 17.0. The third-order valence-corrected chi connectivity index (χ3v) is 3.32. The SMILES string of the molecule is CC(C)C(=O)NCc1ccnc(-c2ccc(C(F)(F)F)cc2)c1. The minimum absolute atomic E-state index is 0.0575. The molecular formula is C17H17F3N2O. The van der Waals surface area contributed by atoms with Crippen LogP contribution in [0.2, 0.25) is 0 Å². The van der Waals surface area contributed by atoms with E-state index >= 15 is 0 Å². The Bertz CT molecular complexity index is 679. The van der Waals surface area contributed by atoms with Crippen LogP contribution < -0.4 is 5.32 Å². The van der Waals surface area contributed by atoms with Gasteiger partial charge in [0, 0.05) is 24.2 Å². The van der Waals surface area contributed by atoms with Gasteiger partial charge in [-0.15, -0.1) is 0 Å². The van der Waals surface area contributed by atoms with E-state index in [1.807, 2.05) is 0 Å². The van der Waals surface area contributed by atoms with Crippen molar-refractivity contribution in [3.63, 3.8) is 0 Å². The Hall–Kier alpha value is -2.37. The van der Waals surface area contributed by atoms with E-state index in [-0.39, 0.29) is 11.8 Å². The lowest BCUT2D eigenvalue weighted by molar-refractivity contribution is -0.137. The van der Waals surface area contributed by atoms with Crippen LogP contribution in [0.15, 0.2) is 42.6 Å². The standard InChI is InChI=1S/C17H17F3N2O/c1-11(2)16(23)22-10-12-7-8-21-15(9-12)13-3-5-14(6-4-13)17(18,19)20/h3-9,11H,10H2,1-2H3,(H,22,23). The van der Waals surface area contributed by atoms with Crippen LogP contribution in [0.5, 0.6) is 0 Å². The molecule has 23 heavy (non-hydrogen) atoms. The molecule has 0 fully saturated rings. The minimum atomic E-state index is -4.35. The van der Waals surface area contributed by atoms with Crippen molar-refractivity contribution in [2.45, 2.75) is 26.6 Å². The predicted octanol–water partition coefficient (Wildman–Crippen LogP) is 4.04. The lowest BCUT2D eigenvalue weighted by atomic mass is 10.1. The van der Waals surface area contributed by atoms with Gasteiger partial charge in [0.1, 0.15) is 0 Å². The summed E-state index contributed by atoms with van der Waals surface area (Å²) in [7, 11) is 0. The molecule has 1 aromatic carbocycles. The van der Waals surface area contributed by atoms with Crippen LogP contribution in [0.3, 0.4) is 0 Å². The second kappa shape index (κ2) is 6.81. The average molecular weight is 322 g/mol. The van der Waals surface area contributed by atoms with Gasteiger partial charge in [0.2, 0.25) is 5.91 Å². The first-order valence-electron chi connectivity index (χ1n) is 7.17. The zero-order valence-electron chi connectivity index (χ0n) is 12.8. The van der Waals surface area contributed by atoms with Gasteiger partial charge in [-0.25, -0.2) is 0 Å². The molecule has 2 rings (SSSR count). The van der Waals surface area contributed by atoms with Gasteiger partial charge >= 0.3 is 6.18 Å². The largest absolute Gasteiger partial charge is 0.416 e. The summed E-state index contributed by atoms with van der Waals surface area (Å²) in [5.74, 6) is -0.163. The molecule has 0 aliphatic rings. The van der Waals surface area contributed by atoms with Crippen molar-refractivity contribution >= 4 is 5.91 Å². The molecule has 1 N–H and O–H groups in total. The molecule has 1 amide bonds. The number of aromatic nitrogens is 1. The van der Waals surface area contributed by atoms with Crippen molar-refractivity contribution < 1.29 is 18.0 Å². The van der Waals surface area contributed by atoms with Crippen molar-refractivity contribution in [2.24, 2.45) is 5.92 Å². The number of benzene rings is 1. The van der Waals surface area contributed by atoms with Gasteiger partial charge in [0.05, 0.1) is 11.3 Å². The van der Waals surface area contributed by atoms with Crippen molar-refractivity contribution in [3.8, 4) is 11.3 Å². The van der Waals surface area contributed by atoms with E-state index in [0.29, 0.717) is 17.8 Å². The molecule has 0 unspecified atom stereocenters. The molecule has 0 aliphatic heterocycles. The Morgan fingerprint density at radius 2 is 1.83 bits per heavy atom. The van der Waals surface area contributed by atoms with Gasteiger partial charge in [0.15, 0.2) is 0 Å². The number of amides is 1. The third-order valence-electron chi connectivity index (χ3n) is 3.32. The Morgan fingerprint density at radius 1 is 1.17 bits per heavy atom. The predicted molar refractivity (Wildman–Crippen MR) is 81.4 cm³/mol. The smallest absolute Gasteiger partial charge is 0.352 e. The number of halogens is 3. The first-order valence-corrected chi connectivity index (χ1v) is 7.17. The number of pyridine rings is 1. The van der Waals surface area contributed by atoms with Gasteiger partial charge in [-0.3, -0.25) is 9.78 Å². The molecule has 1 heterocycles. The van der Waals surface area contributed by atoms with E-state index in [4.69, 9.17) is 0 Å². The Morgan fingerprint density at radius 3 is 2.39 bits per heavy atom. The first-order chi connectivity index (χ1) is 10.8. The maximum absolute atomic E-state index is 12.6. The maximum atomic E-state index is 12.6. The molecule has 1 aromatic heterocycles. The molecule has 0 saturated carbocycles. The van der Waals surface area contributed by atoms with E-state index in [1.54, 1.807) is 32.2 Å². The average Bonchev–Trinajstić information content (AvgIpc) is 2.52. The fourth-order valence-corrected chi connectivity index (χ4v) is 1.97. The number of alkyl halides is 3. The molecule has 0 saturated heterocycles. The quantitative estimate of drug-likeness (QED) is 0.923. The molecule has 0 bridgehead atoms. The summed E-state index contributed by atoms with van der Waals surface area (Å²) in [6.45, 7) is 3.96. The fourth-order valence-electron chi connectivity index (χ4n) is 1.97. The van der Waals surface area contributed by atoms with Crippen LogP contribution >= 0.6 is 0 Å². The zero-order valence-corrected chi connectivity index (χ0v) is 12.8. The van der Waals surface area contributed by atoms with Crippen LogP contribution in [0.1, 0.15) is 25.0 Å². The van der Waals surface area contributed by atoms with Crippen LogP contribution in [0, 0.1) is 5.92 Å². The summed E-state index contributed by atoms with van der Waals surface area (Å²) in [6.07, 6.45) is -2.78. The van der Waals surface area contributed by atoms with Gasteiger partial charge in [-0.2, -0.15) is 13.2 Å². The third kappa shape index (κ3) is 4.55. The van der Waals surface area contributed by atoms with Crippen molar-refractivity contribution in [3.05, 3.63) is 53.7 Å². The molecule has 122 valence electrons. The number of rotatable bonds is 4. The highest BCUT2D eigenvalue weighted by Crippen LogP contribution is 2.30. The lowest BCUT2D eigenvalue weighted by Crippen LogP contribution is -2.27. The van der Waals surface area contributed by atoms with E-state index in [2.05, 4.69) is 10.3 Å². The van der Waals surface area contributed by atoms with Gasteiger partial charge in [-0.1, -0.05) is 26.0 Å². The molecule has 0 atom stereocenters. The van der Waals surface area contributed by atoms with E-state index in [9.17, 15) is 18.0 Å². The molecule has 0 radical (unpaired) electrons.